The maximum Gasteiger partial charge on any atom is 0.0893 e. The highest BCUT2D eigenvalue weighted by atomic mass is 32.2. The van der Waals surface area contributed by atoms with Gasteiger partial charge in [-0.1, -0.05) is 4.49 Å². The van der Waals surface area contributed by atoms with Gasteiger partial charge < -0.3 is 5.32 Å². The molecule has 0 spiro atoms. The lowest BCUT2D eigenvalue weighted by Crippen LogP contribution is -2.26. The zero-order valence-electron chi connectivity index (χ0n) is 7.99. The van der Waals surface area contributed by atoms with Gasteiger partial charge in [-0.15, -0.1) is 5.10 Å². The van der Waals surface area contributed by atoms with Gasteiger partial charge in [0.15, 0.2) is 0 Å². The number of hydrogen-bond donors (Lipinski definition) is 1. The average Bonchev–Trinajstić information content (AvgIpc) is 2.64. The molecule has 13 heavy (non-hydrogen) atoms. The van der Waals surface area contributed by atoms with Crippen molar-refractivity contribution < 1.29 is 0 Å². The van der Waals surface area contributed by atoms with Crippen molar-refractivity contribution in [2.24, 2.45) is 0 Å². The van der Waals surface area contributed by atoms with Gasteiger partial charge in [-0.05, 0) is 36.9 Å². The van der Waals surface area contributed by atoms with Crippen molar-refractivity contribution in [2.45, 2.75) is 25.9 Å². The predicted octanol–water partition coefficient (Wildman–Crippen LogP) is 1.77. The third kappa shape index (κ3) is 4.59. The van der Waals surface area contributed by atoms with Crippen molar-refractivity contribution in [3.63, 3.8) is 0 Å². The lowest BCUT2D eigenvalue weighted by Gasteiger charge is -2.11. The molecule has 0 fully saturated rings. The van der Waals surface area contributed by atoms with Gasteiger partial charge in [0, 0.05) is 18.0 Å². The first kappa shape index (κ1) is 10.9. The Hall–Kier alpha value is -0.130. The standard InChI is InChI=1S/C8H15N3S2/c1-7(3-4-12-2)9-5-8-6-13-11-10-8/h6-7,9H,3-5H2,1-2H3. The Balaban J connectivity index is 2.11. The number of hydrogen-bond acceptors (Lipinski definition) is 5. The van der Waals surface area contributed by atoms with Crippen LogP contribution in [-0.2, 0) is 6.54 Å². The highest BCUT2D eigenvalue weighted by molar-refractivity contribution is 7.98. The Morgan fingerprint density at radius 2 is 2.54 bits per heavy atom. The fraction of sp³-hybridized carbons (Fsp3) is 0.750. The van der Waals surface area contributed by atoms with E-state index in [0.717, 1.165) is 12.2 Å². The topological polar surface area (TPSA) is 37.8 Å². The second kappa shape index (κ2) is 6.34. The molecule has 0 saturated carbocycles. The van der Waals surface area contributed by atoms with Gasteiger partial charge in [0.05, 0.1) is 5.69 Å². The summed E-state index contributed by atoms with van der Waals surface area (Å²) < 4.78 is 3.81. The maximum atomic E-state index is 3.97. The second-order valence-electron chi connectivity index (χ2n) is 2.96. The van der Waals surface area contributed by atoms with Crippen molar-refractivity contribution in [1.29, 1.82) is 0 Å². The molecule has 74 valence electrons. The summed E-state index contributed by atoms with van der Waals surface area (Å²) in [7, 11) is 0. The molecule has 0 aliphatic heterocycles. The molecule has 0 bridgehead atoms. The van der Waals surface area contributed by atoms with Crippen LogP contribution in [0.15, 0.2) is 5.38 Å². The largest absolute Gasteiger partial charge is 0.309 e. The van der Waals surface area contributed by atoms with E-state index in [9.17, 15) is 0 Å². The van der Waals surface area contributed by atoms with E-state index in [1.54, 1.807) is 0 Å². The fourth-order valence-electron chi connectivity index (χ4n) is 0.936. The van der Waals surface area contributed by atoms with Gasteiger partial charge in [-0.3, -0.25) is 0 Å². The molecular weight excluding hydrogens is 202 g/mol. The summed E-state index contributed by atoms with van der Waals surface area (Å²) in [5.74, 6) is 1.21. The van der Waals surface area contributed by atoms with Crippen molar-refractivity contribution >= 4 is 23.3 Å². The molecule has 1 heterocycles. The van der Waals surface area contributed by atoms with Crippen molar-refractivity contribution in [1.82, 2.24) is 14.9 Å². The van der Waals surface area contributed by atoms with Crippen molar-refractivity contribution in [2.75, 3.05) is 12.0 Å². The lowest BCUT2D eigenvalue weighted by molar-refractivity contribution is 0.532. The Morgan fingerprint density at radius 1 is 1.69 bits per heavy atom. The molecule has 1 N–H and O–H groups in total. The Labute approximate surface area is 87.5 Å². The summed E-state index contributed by atoms with van der Waals surface area (Å²) in [6.45, 7) is 3.04. The number of rotatable bonds is 6. The molecule has 0 aliphatic rings. The van der Waals surface area contributed by atoms with Crippen LogP contribution in [0.4, 0.5) is 0 Å². The van der Waals surface area contributed by atoms with Crippen LogP contribution in [-0.4, -0.2) is 27.6 Å². The second-order valence-corrected chi connectivity index (χ2v) is 4.56. The first-order chi connectivity index (χ1) is 6.33. The van der Waals surface area contributed by atoms with Gasteiger partial charge in [0.25, 0.3) is 0 Å². The number of nitrogens with zero attached hydrogens (tertiary/aromatic N) is 2. The predicted molar refractivity (Wildman–Crippen MR) is 59.2 cm³/mol. The van der Waals surface area contributed by atoms with E-state index in [4.69, 9.17) is 0 Å². The Morgan fingerprint density at radius 3 is 3.15 bits per heavy atom. The molecule has 0 aromatic carbocycles. The third-order valence-corrected chi connectivity index (χ3v) is 2.99. The molecule has 0 amide bonds. The summed E-state index contributed by atoms with van der Waals surface area (Å²) in [5, 5.41) is 9.36. The maximum absolute atomic E-state index is 3.97. The molecular formula is C8H15N3S2. The zero-order valence-corrected chi connectivity index (χ0v) is 9.62. The number of aromatic nitrogens is 2. The first-order valence-corrected chi connectivity index (χ1v) is 6.54. The van der Waals surface area contributed by atoms with Crippen LogP contribution in [0.1, 0.15) is 19.0 Å². The fourth-order valence-corrected chi connectivity index (χ4v) is 1.98. The van der Waals surface area contributed by atoms with Crippen molar-refractivity contribution in [3.8, 4) is 0 Å². The van der Waals surface area contributed by atoms with E-state index < -0.39 is 0 Å². The molecule has 1 unspecified atom stereocenters. The zero-order chi connectivity index (χ0) is 9.52. The van der Waals surface area contributed by atoms with Crippen LogP contribution < -0.4 is 5.32 Å². The summed E-state index contributed by atoms with van der Waals surface area (Å²) >= 11 is 3.29. The Kier molecular flexibility index (Phi) is 5.34. The van der Waals surface area contributed by atoms with Crippen molar-refractivity contribution in [3.05, 3.63) is 11.1 Å². The van der Waals surface area contributed by atoms with Gasteiger partial charge in [0.1, 0.15) is 0 Å². The monoisotopic (exact) mass is 217 g/mol. The molecule has 1 atom stereocenters. The summed E-state index contributed by atoms with van der Waals surface area (Å²) in [5.41, 5.74) is 1.04. The summed E-state index contributed by atoms with van der Waals surface area (Å²) in [6, 6.07) is 0.564. The minimum Gasteiger partial charge on any atom is -0.309 e. The van der Waals surface area contributed by atoms with E-state index in [2.05, 4.69) is 28.1 Å². The van der Waals surface area contributed by atoms with E-state index in [1.165, 1.54) is 23.7 Å². The molecule has 0 aliphatic carbocycles. The van der Waals surface area contributed by atoms with Crippen LogP contribution in [0.25, 0.3) is 0 Å². The third-order valence-electron chi connectivity index (χ3n) is 1.79. The normalized spacial score (nSPS) is 13.1. The van der Waals surface area contributed by atoms with Crippen LogP contribution in [0.5, 0.6) is 0 Å². The highest BCUT2D eigenvalue weighted by Crippen LogP contribution is 2.01. The van der Waals surface area contributed by atoms with Crippen LogP contribution in [0.3, 0.4) is 0 Å². The van der Waals surface area contributed by atoms with Gasteiger partial charge in [-0.2, -0.15) is 11.8 Å². The van der Waals surface area contributed by atoms with Gasteiger partial charge in [-0.25, -0.2) is 0 Å². The summed E-state index contributed by atoms with van der Waals surface area (Å²) in [4.78, 5) is 0. The lowest BCUT2D eigenvalue weighted by atomic mass is 10.2. The van der Waals surface area contributed by atoms with Gasteiger partial charge in [0.2, 0.25) is 0 Å². The van der Waals surface area contributed by atoms with Crippen LogP contribution in [0.2, 0.25) is 0 Å². The first-order valence-electron chi connectivity index (χ1n) is 4.31. The molecule has 3 nitrogen and oxygen atoms in total. The Bertz CT molecular complexity index is 213. The molecule has 1 rings (SSSR count). The average molecular weight is 217 g/mol. The number of nitrogens with one attached hydrogen (secondary N) is 1. The number of thioether (sulfide) groups is 1. The van der Waals surface area contributed by atoms with Gasteiger partial charge >= 0.3 is 0 Å². The molecule has 0 saturated heterocycles. The smallest absolute Gasteiger partial charge is 0.0893 e. The van der Waals surface area contributed by atoms with E-state index >= 15 is 0 Å². The molecule has 5 heteroatoms. The quantitative estimate of drug-likeness (QED) is 0.788. The van der Waals surface area contributed by atoms with E-state index in [1.807, 2.05) is 17.1 Å². The van der Waals surface area contributed by atoms with E-state index in [-0.39, 0.29) is 0 Å². The SMILES string of the molecule is CSCCC(C)NCc1csnn1. The van der Waals surface area contributed by atoms with Crippen LogP contribution in [0, 0.1) is 0 Å². The minimum absolute atomic E-state index is 0.564. The minimum atomic E-state index is 0.564. The summed E-state index contributed by atoms with van der Waals surface area (Å²) in [6.07, 6.45) is 3.34. The molecule has 1 aromatic rings. The molecule has 0 radical (unpaired) electrons. The van der Waals surface area contributed by atoms with E-state index in [0.29, 0.717) is 6.04 Å². The molecule has 1 aromatic heterocycles. The highest BCUT2D eigenvalue weighted by Gasteiger charge is 2.01. The van der Waals surface area contributed by atoms with Crippen LogP contribution >= 0.6 is 23.3 Å².